The van der Waals surface area contributed by atoms with E-state index in [1.165, 1.54) is 25.7 Å². The van der Waals surface area contributed by atoms with Crippen LogP contribution in [0.25, 0.3) is 0 Å². The average Bonchev–Trinajstić information content (AvgIpc) is 2.59. The molecule has 2 fully saturated rings. The van der Waals surface area contributed by atoms with Crippen molar-refractivity contribution in [3.8, 4) is 0 Å². The fourth-order valence-electron chi connectivity index (χ4n) is 2.80. The highest BCUT2D eigenvalue weighted by atomic mass is 16.2. The van der Waals surface area contributed by atoms with Gasteiger partial charge >= 0.3 is 0 Å². The van der Waals surface area contributed by atoms with Crippen LogP contribution >= 0.6 is 0 Å². The Labute approximate surface area is 78.6 Å². The molecule has 0 amide bonds. The smallest absolute Gasteiger partial charge is 0.161 e. The fourth-order valence-corrected chi connectivity index (χ4v) is 2.80. The third-order valence-electron chi connectivity index (χ3n) is 3.63. The number of ketones is 1. The van der Waals surface area contributed by atoms with Gasteiger partial charge in [-0.3, -0.25) is 4.79 Å². The van der Waals surface area contributed by atoms with Crippen molar-refractivity contribution in [2.24, 2.45) is 5.41 Å². The Morgan fingerprint density at radius 3 is 2.54 bits per heavy atom. The summed E-state index contributed by atoms with van der Waals surface area (Å²) in [6.45, 7) is 0. The number of aliphatic hydroxyl groups is 1. The van der Waals surface area contributed by atoms with E-state index in [2.05, 4.69) is 0 Å². The first-order chi connectivity index (χ1) is 6.26. The molecule has 13 heavy (non-hydrogen) atoms. The minimum atomic E-state index is 0.153. The van der Waals surface area contributed by atoms with Crippen LogP contribution in [0.3, 0.4) is 0 Å². The Kier molecular flexibility index (Phi) is 2.14. The van der Waals surface area contributed by atoms with Gasteiger partial charge in [0.2, 0.25) is 0 Å². The zero-order valence-corrected chi connectivity index (χ0v) is 7.88. The van der Waals surface area contributed by atoms with Crippen molar-refractivity contribution in [1.29, 1.82) is 0 Å². The van der Waals surface area contributed by atoms with Crippen LogP contribution in [-0.2, 0) is 4.79 Å². The van der Waals surface area contributed by atoms with E-state index >= 15 is 0 Å². The maximum Gasteiger partial charge on any atom is 0.161 e. The molecule has 0 saturated heterocycles. The third-order valence-corrected chi connectivity index (χ3v) is 3.63. The number of carbonyl (C=O) groups excluding carboxylic acids is 1. The lowest BCUT2D eigenvalue weighted by atomic mass is 9.71. The summed E-state index contributed by atoms with van der Waals surface area (Å²) < 4.78 is 0. The van der Waals surface area contributed by atoms with Crippen LogP contribution in [0.5, 0.6) is 0 Å². The fraction of sp³-hybridized carbons (Fsp3) is 0.727. The molecule has 0 atom stereocenters. The molecule has 1 N–H and O–H groups in total. The summed E-state index contributed by atoms with van der Waals surface area (Å²) >= 11 is 0. The SMILES string of the molecule is O=C1CCC2(CCCC2)C/C1=C/O. The van der Waals surface area contributed by atoms with Crippen molar-refractivity contribution >= 4 is 5.78 Å². The summed E-state index contributed by atoms with van der Waals surface area (Å²) in [5.41, 5.74) is 1.04. The van der Waals surface area contributed by atoms with Crippen LogP contribution in [0, 0.1) is 5.41 Å². The number of hydrogen-bond acceptors (Lipinski definition) is 2. The van der Waals surface area contributed by atoms with Crippen molar-refractivity contribution in [2.45, 2.75) is 44.9 Å². The quantitative estimate of drug-likeness (QED) is 0.459. The molecule has 0 aromatic rings. The first-order valence-electron chi connectivity index (χ1n) is 5.12. The van der Waals surface area contributed by atoms with Gasteiger partial charge in [0.15, 0.2) is 5.78 Å². The Morgan fingerprint density at radius 1 is 1.23 bits per heavy atom. The van der Waals surface area contributed by atoms with Crippen molar-refractivity contribution in [1.82, 2.24) is 0 Å². The zero-order chi connectivity index (χ0) is 9.31. The molecule has 0 bridgehead atoms. The molecule has 0 radical (unpaired) electrons. The maximum atomic E-state index is 11.3. The van der Waals surface area contributed by atoms with Gasteiger partial charge in [-0.1, -0.05) is 12.8 Å². The van der Waals surface area contributed by atoms with E-state index in [9.17, 15) is 4.79 Å². The minimum Gasteiger partial charge on any atom is -0.515 e. The first kappa shape index (κ1) is 8.79. The predicted molar refractivity (Wildman–Crippen MR) is 50.5 cm³/mol. The number of aliphatic hydroxyl groups excluding tert-OH is 1. The Hall–Kier alpha value is -0.790. The number of Topliss-reactive ketones (excluding diaryl/α,β-unsaturated/α-hetero) is 1. The monoisotopic (exact) mass is 180 g/mol. The summed E-state index contributed by atoms with van der Waals surface area (Å²) in [5.74, 6) is 0.153. The van der Waals surface area contributed by atoms with Gasteiger partial charge in [-0.15, -0.1) is 0 Å². The molecule has 2 heteroatoms. The van der Waals surface area contributed by atoms with Gasteiger partial charge < -0.3 is 5.11 Å². The van der Waals surface area contributed by atoms with Crippen LogP contribution in [0.4, 0.5) is 0 Å². The highest BCUT2D eigenvalue weighted by Gasteiger charge is 2.39. The van der Waals surface area contributed by atoms with Crippen LogP contribution in [0.1, 0.15) is 44.9 Å². The molecular formula is C11H16O2. The summed E-state index contributed by atoms with van der Waals surface area (Å²) in [4.78, 5) is 11.3. The van der Waals surface area contributed by atoms with E-state index in [1.807, 2.05) is 0 Å². The van der Waals surface area contributed by atoms with E-state index in [1.54, 1.807) is 0 Å². The lowest BCUT2D eigenvalue weighted by Crippen LogP contribution is -2.26. The highest BCUT2D eigenvalue weighted by Crippen LogP contribution is 2.49. The van der Waals surface area contributed by atoms with Crippen molar-refractivity contribution in [3.63, 3.8) is 0 Å². The minimum absolute atomic E-state index is 0.153. The first-order valence-corrected chi connectivity index (χ1v) is 5.12. The summed E-state index contributed by atoms with van der Waals surface area (Å²) in [5, 5.41) is 8.92. The molecule has 0 aliphatic heterocycles. The summed E-state index contributed by atoms with van der Waals surface area (Å²) in [7, 11) is 0. The highest BCUT2D eigenvalue weighted by molar-refractivity contribution is 5.96. The predicted octanol–water partition coefficient (Wildman–Crippen LogP) is 2.74. The van der Waals surface area contributed by atoms with Crippen LogP contribution in [0.15, 0.2) is 11.8 Å². The van der Waals surface area contributed by atoms with Crippen LogP contribution in [0.2, 0.25) is 0 Å². The third kappa shape index (κ3) is 1.50. The lowest BCUT2D eigenvalue weighted by Gasteiger charge is -2.33. The van der Waals surface area contributed by atoms with Crippen molar-refractivity contribution in [3.05, 3.63) is 11.8 Å². The van der Waals surface area contributed by atoms with Gasteiger partial charge in [-0.2, -0.15) is 0 Å². The molecule has 1 spiro atoms. The topological polar surface area (TPSA) is 37.3 Å². The van der Waals surface area contributed by atoms with Gasteiger partial charge in [0.1, 0.15) is 0 Å². The second-order valence-electron chi connectivity index (χ2n) is 4.46. The molecule has 0 aromatic carbocycles. The molecule has 2 aliphatic rings. The second kappa shape index (κ2) is 3.17. The van der Waals surface area contributed by atoms with Crippen molar-refractivity contribution < 1.29 is 9.90 Å². The molecule has 0 aromatic heterocycles. The van der Waals surface area contributed by atoms with E-state index in [-0.39, 0.29) is 5.78 Å². The normalized spacial score (nSPS) is 30.2. The van der Waals surface area contributed by atoms with Gasteiger partial charge in [0.05, 0.1) is 6.26 Å². The second-order valence-corrected chi connectivity index (χ2v) is 4.46. The van der Waals surface area contributed by atoms with Crippen LogP contribution in [-0.4, -0.2) is 10.9 Å². The Morgan fingerprint density at radius 2 is 1.92 bits per heavy atom. The largest absolute Gasteiger partial charge is 0.515 e. The Balaban J connectivity index is 2.14. The average molecular weight is 180 g/mol. The van der Waals surface area contributed by atoms with Gasteiger partial charge in [0.25, 0.3) is 0 Å². The Bertz CT molecular complexity index is 247. The van der Waals surface area contributed by atoms with E-state index in [0.29, 0.717) is 17.4 Å². The lowest BCUT2D eigenvalue weighted by molar-refractivity contribution is -0.118. The molecule has 72 valence electrons. The van der Waals surface area contributed by atoms with E-state index in [0.717, 1.165) is 19.1 Å². The number of allylic oxidation sites excluding steroid dienone is 1. The van der Waals surface area contributed by atoms with Gasteiger partial charge in [-0.25, -0.2) is 0 Å². The van der Waals surface area contributed by atoms with E-state index < -0.39 is 0 Å². The molecule has 2 aliphatic carbocycles. The standard InChI is InChI=1S/C11H16O2/c12-8-9-7-11(4-1-2-5-11)6-3-10(9)13/h8,12H,1-7H2/b9-8-. The molecular weight excluding hydrogens is 164 g/mol. The summed E-state index contributed by atoms with van der Waals surface area (Å²) in [6.07, 6.45) is 8.63. The molecule has 0 unspecified atom stereocenters. The summed E-state index contributed by atoms with van der Waals surface area (Å²) in [6, 6.07) is 0. The van der Waals surface area contributed by atoms with Gasteiger partial charge in [0, 0.05) is 12.0 Å². The zero-order valence-electron chi connectivity index (χ0n) is 7.88. The number of rotatable bonds is 0. The van der Waals surface area contributed by atoms with E-state index in [4.69, 9.17) is 5.11 Å². The van der Waals surface area contributed by atoms with Crippen molar-refractivity contribution in [2.75, 3.05) is 0 Å². The molecule has 2 rings (SSSR count). The van der Waals surface area contributed by atoms with Gasteiger partial charge in [-0.05, 0) is 31.1 Å². The molecule has 0 heterocycles. The molecule has 2 nitrogen and oxygen atoms in total. The van der Waals surface area contributed by atoms with Crippen LogP contribution < -0.4 is 0 Å². The number of hydrogen-bond donors (Lipinski definition) is 1. The maximum absolute atomic E-state index is 11.3. The molecule has 2 saturated carbocycles. The number of carbonyl (C=O) groups is 1.